The van der Waals surface area contributed by atoms with E-state index in [1.165, 1.54) is 0 Å². The first-order valence-corrected chi connectivity index (χ1v) is 6.32. The standard InChI is InChI=1S/C12H16N2O2S/c1-8(2)9(7-17)6-14-11-10(16-12(14)15)4-3-5-13-11/h3-5,8-9,17H,6-7H2,1-2H3. The molecular formula is C12H16N2O2S. The van der Waals surface area contributed by atoms with Crippen LogP contribution in [0.5, 0.6) is 0 Å². The van der Waals surface area contributed by atoms with Gasteiger partial charge in [-0.1, -0.05) is 13.8 Å². The first-order valence-electron chi connectivity index (χ1n) is 5.68. The number of oxazole rings is 1. The molecule has 0 fully saturated rings. The summed E-state index contributed by atoms with van der Waals surface area (Å²) in [6.07, 6.45) is 1.67. The van der Waals surface area contributed by atoms with Crippen molar-refractivity contribution in [3.63, 3.8) is 0 Å². The third-order valence-corrected chi connectivity index (χ3v) is 3.49. The zero-order chi connectivity index (χ0) is 12.4. The number of aromatic nitrogens is 2. The van der Waals surface area contributed by atoms with Gasteiger partial charge in [-0.15, -0.1) is 0 Å². The van der Waals surface area contributed by atoms with Gasteiger partial charge in [-0.2, -0.15) is 12.6 Å². The quantitative estimate of drug-likeness (QED) is 0.849. The summed E-state index contributed by atoms with van der Waals surface area (Å²) in [6.45, 7) is 4.85. The largest absolute Gasteiger partial charge is 0.421 e. The lowest BCUT2D eigenvalue weighted by molar-refractivity contribution is 0.358. The van der Waals surface area contributed by atoms with Gasteiger partial charge in [-0.3, -0.25) is 4.57 Å². The van der Waals surface area contributed by atoms with E-state index in [1.807, 2.05) is 0 Å². The van der Waals surface area contributed by atoms with Crippen LogP contribution in [0.15, 0.2) is 27.5 Å². The van der Waals surface area contributed by atoms with E-state index in [-0.39, 0.29) is 5.76 Å². The fraction of sp³-hybridized carbons (Fsp3) is 0.500. The molecular weight excluding hydrogens is 236 g/mol. The Bertz CT molecular complexity index is 559. The molecule has 5 heteroatoms. The highest BCUT2D eigenvalue weighted by molar-refractivity contribution is 7.80. The van der Waals surface area contributed by atoms with Gasteiger partial charge in [0.15, 0.2) is 11.2 Å². The Labute approximate surface area is 105 Å². The lowest BCUT2D eigenvalue weighted by Crippen LogP contribution is -2.24. The number of fused-ring (bicyclic) bond motifs is 1. The predicted octanol–water partition coefficient (Wildman–Crippen LogP) is 2.19. The summed E-state index contributed by atoms with van der Waals surface area (Å²) in [5, 5.41) is 0. The van der Waals surface area contributed by atoms with Gasteiger partial charge in [0.2, 0.25) is 0 Å². The number of nitrogens with zero attached hydrogens (tertiary/aromatic N) is 2. The topological polar surface area (TPSA) is 48.0 Å². The van der Waals surface area contributed by atoms with Crippen LogP contribution in [0.1, 0.15) is 13.8 Å². The van der Waals surface area contributed by atoms with E-state index in [2.05, 4.69) is 31.5 Å². The average Bonchev–Trinajstić information content (AvgIpc) is 2.61. The summed E-state index contributed by atoms with van der Waals surface area (Å²) in [7, 11) is 0. The molecule has 2 aromatic heterocycles. The molecule has 0 radical (unpaired) electrons. The van der Waals surface area contributed by atoms with Crippen LogP contribution in [0, 0.1) is 11.8 Å². The molecule has 0 bridgehead atoms. The number of hydrogen-bond acceptors (Lipinski definition) is 4. The maximum atomic E-state index is 11.7. The third-order valence-electron chi connectivity index (χ3n) is 3.02. The second-order valence-electron chi connectivity index (χ2n) is 4.49. The molecule has 2 heterocycles. The molecule has 0 saturated carbocycles. The van der Waals surface area contributed by atoms with Crippen molar-refractivity contribution in [2.45, 2.75) is 20.4 Å². The van der Waals surface area contributed by atoms with Gasteiger partial charge < -0.3 is 4.42 Å². The minimum atomic E-state index is -0.342. The molecule has 2 rings (SSSR count). The van der Waals surface area contributed by atoms with Crippen LogP contribution in [0.2, 0.25) is 0 Å². The second-order valence-corrected chi connectivity index (χ2v) is 4.86. The normalized spacial score (nSPS) is 13.4. The average molecular weight is 252 g/mol. The van der Waals surface area contributed by atoms with E-state index in [0.717, 1.165) is 5.75 Å². The van der Waals surface area contributed by atoms with E-state index >= 15 is 0 Å². The summed E-state index contributed by atoms with van der Waals surface area (Å²) < 4.78 is 6.74. The van der Waals surface area contributed by atoms with Crippen molar-refractivity contribution < 1.29 is 4.42 Å². The van der Waals surface area contributed by atoms with E-state index in [1.54, 1.807) is 22.9 Å². The van der Waals surface area contributed by atoms with E-state index in [0.29, 0.717) is 29.6 Å². The van der Waals surface area contributed by atoms with Crippen molar-refractivity contribution in [3.05, 3.63) is 28.9 Å². The van der Waals surface area contributed by atoms with Gasteiger partial charge in [0.05, 0.1) is 0 Å². The molecule has 0 aliphatic heterocycles. The predicted molar refractivity (Wildman–Crippen MR) is 70.5 cm³/mol. The van der Waals surface area contributed by atoms with E-state index < -0.39 is 0 Å². The molecule has 17 heavy (non-hydrogen) atoms. The zero-order valence-electron chi connectivity index (χ0n) is 9.96. The van der Waals surface area contributed by atoms with E-state index in [4.69, 9.17) is 4.42 Å². The molecule has 0 aliphatic rings. The smallest absolute Gasteiger partial charge is 0.406 e. The lowest BCUT2D eigenvalue weighted by atomic mass is 9.98. The van der Waals surface area contributed by atoms with Gasteiger partial charge >= 0.3 is 5.76 Å². The second kappa shape index (κ2) is 4.96. The molecule has 0 aromatic carbocycles. The molecule has 2 aromatic rings. The maximum absolute atomic E-state index is 11.7. The Morgan fingerprint density at radius 1 is 1.53 bits per heavy atom. The van der Waals surface area contributed by atoms with E-state index in [9.17, 15) is 4.79 Å². The summed E-state index contributed by atoms with van der Waals surface area (Å²) in [6, 6.07) is 3.51. The summed E-state index contributed by atoms with van der Waals surface area (Å²) >= 11 is 4.33. The SMILES string of the molecule is CC(C)C(CS)Cn1c(=O)oc2cccnc21. The highest BCUT2D eigenvalue weighted by Crippen LogP contribution is 2.17. The fourth-order valence-corrected chi connectivity index (χ4v) is 2.31. The monoisotopic (exact) mass is 252 g/mol. The van der Waals surface area contributed by atoms with Crippen molar-refractivity contribution in [2.75, 3.05) is 5.75 Å². The molecule has 1 atom stereocenters. The Balaban J connectivity index is 2.41. The molecule has 0 saturated heterocycles. The van der Waals surface area contributed by atoms with Crippen LogP contribution in [0.3, 0.4) is 0 Å². The molecule has 0 spiro atoms. The Morgan fingerprint density at radius 2 is 2.29 bits per heavy atom. The Hall–Kier alpha value is -1.23. The molecule has 0 amide bonds. The van der Waals surface area contributed by atoms with Crippen molar-refractivity contribution >= 4 is 23.9 Å². The Kier molecular flexibility index (Phi) is 3.57. The lowest BCUT2D eigenvalue weighted by Gasteiger charge is -2.18. The van der Waals surface area contributed by atoms with Crippen LogP contribution in [0.25, 0.3) is 11.2 Å². The van der Waals surface area contributed by atoms with Crippen LogP contribution in [0.4, 0.5) is 0 Å². The summed E-state index contributed by atoms with van der Waals surface area (Å²) in [5.41, 5.74) is 1.16. The molecule has 1 unspecified atom stereocenters. The van der Waals surface area contributed by atoms with Crippen molar-refractivity contribution in [3.8, 4) is 0 Å². The molecule has 92 valence electrons. The first-order chi connectivity index (χ1) is 8.13. The van der Waals surface area contributed by atoms with Crippen molar-refractivity contribution in [1.82, 2.24) is 9.55 Å². The minimum Gasteiger partial charge on any atom is -0.406 e. The fourth-order valence-electron chi connectivity index (χ4n) is 1.78. The molecule has 0 aliphatic carbocycles. The van der Waals surface area contributed by atoms with Gasteiger partial charge in [0.25, 0.3) is 0 Å². The summed E-state index contributed by atoms with van der Waals surface area (Å²) in [4.78, 5) is 15.9. The first kappa shape index (κ1) is 12.2. The molecule has 4 nitrogen and oxygen atoms in total. The molecule has 0 N–H and O–H groups in total. The van der Waals surface area contributed by atoms with Crippen molar-refractivity contribution in [1.29, 1.82) is 0 Å². The minimum absolute atomic E-state index is 0.332. The third kappa shape index (κ3) is 2.39. The number of pyridine rings is 1. The van der Waals surface area contributed by atoms with Crippen LogP contribution < -0.4 is 5.76 Å². The maximum Gasteiger partial charge on any atom is 0.421 e. The van der Waals surface area contributed by atoms with Crippen LogP contribution in [-0.2, 0) is 6.54 Å². The summed E-state index contributed by atoms with van der Waals surface area (Å²) in [5.74, 6) is 1.20. The van der Waals surface area contributed by atoms with Gasteiger partial charge in [0, 0.05) is 12.7 Å². The van der Waals surface area contributed by atoms with Gasteiger partial charge in [0.1, 0.15) is 0 Å². The zero-order valence-corrected chi connectivity index (χ0v) is 10.9. The van der Waals surface area contributed by atoms with Crippen LogP contribution in [-0.4, -0.2) is 15.3 Å². The highest BCUT2D eigenvalue weighted by Gasteiger charge is 2.17. The van der Waals surface area contributed by atoms with Gasteiger partial charge in [-0.05, 0) is 29.7 Å². The number of rotatable bonds is 4. The van der Waals surface area contributed by atoms with Crippen molar-refractivity contribution in [2.24, 2.45) is 11.8 Å². The number of hydrogen-bond donors (Lipinski definition) is 1. The number of thiol groups is 1. The highest BCUT2D eigenvalue weighted by atomic mass is 32.1. The van der Waals surface area contributed by atoms with Gasteiger partial charge in [-0.25, -0.2) is 9.78 Å². The Morgan fingerprint density at radius 3 is 2.94 bits per heavy atom. The van der Waals surface area contributed by atoms with Crippen LogP contribution >= 0.6 is 12.6 Å².